The third kappa shape index (κ3) is 2.45. The molecule has 0 atom stereocenters. The molecule has 2 aliphatic carbocycles. The Kier molecular flexibility index (Phi) is 3.98. The molecule has 0 amide bonds. The van der Waals surface area contributed by atoms with Crippen molar-refractivity contribution in [2.24, 2.45) is 0 Å². The fraction of sp³-hybridized carbons (Fsp3) is 0. The number of hydrogen-bond donors (Lipinski definition) is 4. The molecule has 0 aromatic heterocycles. The van der Waals surface area contributed by atoms with Crippen LogP contribution in [0, 0.1) is 21.3 Å². The van der Waals surface area contributed by atoms with Crippen molar-refractivity contribution >= 4 is 32.3 Å². The summed E-state index contributed by atoms with van der Waals surface area (Å²) in [5.74, 6) is -0.0866. The minimum atomic E-state index is -0.483. The zero-order chi connectivity index (χ0) is 23.7. The van der Waals surface area contributed by atoms with Gasteiger partial charge in [-0.1, -0.05) is 66.7 Å². The Balaban J connectivity index is 1.86. The lowest BCUT2D eigenvalue weighted by atomic mass is 9.92. The van der Waals surface area contributed by atoms with Crippen molar-refractivity contribution in [1.29, 1.82) is 10.8 Å². The first-order valence-corrected chi connectivity index (χ1v) is 10.6. The maximum Gasteiger partial charge on any atom is 0.196 e. The summed E-state index contributed by atoms with van der Waals surface area (Å²) in [6.45, 7) is 0. The van der Waals surface area contributed by atoms with Crippen molar-refractivity contribution in [1.82, 2.24) is 0 Å². The molecule has 0 radical (unpaired) electrons. The first-order valence-electron chi connectivity index (χ1n) is 10.6. The van der Waals surface area contributed by atoms with Gasteiger partial charge >= 0.3 is 0 Å². The number of nitrogens with one attached hydrogen (secondary N) is 2. The van der Waals surface area contributed by atoms with E-state index < -0.39 is 10.9 Å². The molecule has 0 saturated heterocycles. The molecule has 4 aromatic rings. The number of hydrogen-bond acceptors (Lipinski definition) is 6. The Bertz CT molecular complexity index is 2120. The molecule has 4 aromatic carbocycles. The highest BCUT2D eigenvalue weighted by atomic mass is 16.3. The number of aromatic hydroxyl groups is 2. The van der Waals surface area contributed by atoms with Gasteiger partial charge in [0.05, 0.1) is 21.2 Å². The van der Waals surface area contributed by atoms with Gasteiger partial charge in [0.2, 0.25) is 0 Å². The first-order chi connectivity index (χ1) is 16.4. The summed E-state index contributed by atoms with van der Waals surface area (Å²) in [5, 5.41) is 41.0. The molecule has 0 saturated carbocycles. The van der Waals surface area contributed by atoms with Crippen LogP contribution in [0.15, 0.2) is 82.4 Å². The monoisotopic (exact) mass is 444 g/mol. The molecule has 0 unspecified atom stereocenters. The van der Waals surface area contributed by atoms with E-state index in [2.05, 4.69) is 0 Å². The Morgan fingerprint density at radius 2 is 1.09 bits per heavy atom. The van der Waals surface area contributed by atoms with Crippen LogP contribution in [0.3, 0.4) is 0 Å². The normalized spacial score (nSPS) is 11.6. The molecule has 0 bridgehead atoms. The SMILES string of the molecule is N=c1cc(-c2cccc3c(O)c4ccccc4c(O)c23)c(=N)c2c(=O)c3ccccc3c(=O)c1=2. The van der Waals surface area contributed by atoms with Gasteiger partial charge < -0.3 is 15.6 Å². The highest BCUT2D eigenvalue weighted by molar-refractivity contribution is 6.15. The maximum atomic E-state index is 13.3. The summed E-state index contributed by atoms with van der Waals surface area (Å²) in [5.41, 5.74) is -0.334. The first kappa shape index (κ1) is 19.8. The van der Waals surface area contributed by atoms with E-state index in [9.17, 15) is 19.8 Å². The van der Waals surface area contributed by atoms with Gasteiger partial charge in [-0.2, -0.15) is 0 Å². The Morgan fingerprint density at radius 1 is 0.559 bits per heavy atom. The number of phenolic OH excluding ortho intramolecular Hbond substituents is 2. The molecule has 0 fully saturated rings. The van der Waals surface area contributed by atoms with Crippen LogP contribution in [0.25, 0.3) is 43.4 Å². The van der Waals surface area contributed by atoms with Crippen molar-refractivity contribution in [2.75, 3.05) is 0 Å². The van der Waals surface area contributed by atoms with Gasteiger partial charge in [0.15, 0.2) is 10.9 Å². The molecule has 6 nitrogen and oxygen atoms in total. The third-order valence-electron chi connectivity index (χ3n) is 6.48. The van der Waals surface area contributed by atoms with Crippen LogP contribution in [-0.2, 0) is 0 Å². The van der Waals surface area contributed by atoms with Gasteiger partial charge in [0.25, 0.3) is 0 Å². The standard InChI is InChI=1S/C28H16N2O4/c29-20-12-19(24(30)23-22(20)27(33)16-8-3-4-9-17(16)28(23)34)13-10-5-11-18-21(13)26(32)15-7-2-1-6-14(15)25(18)31/h1-12,29-32H. The molecule has 2 aliphatic rings. The van der Waals surface area contributed by atoms with Crippen molar-refractivity contribution in [3.05, 3.63) is 114 Å². The second-order valence-electron chi connectivity index (χ2n) is 8.27. The fourth-order valence-corrected chi connectivity index (χ4v) is 4.91. The number of benzene rings is 4. The molecule has 162 valence electrons. The van der Waals surface area contributed by atoms with Gasteiger partial charge in [-0.3, -0.25) is 15.0 Å². The maximum absolute atomic E-state index is 13.3. The number of rotatable bonds is 1. The van der Waals surface area contributed by atoms with Gasteiger partial charge in [0.1, 0.15) is 11.5 Å². The van der Waals surface area contributed by atoms with Crippen LogP contribution >= 0.6 is 0 Å². The Hall–Kier alpha value is -4.84. The van der Waals surface area contributed by atoms with E-state index >= 15 is 0 Å². The van der Waals surface area contributed by atoms with Crippen molar-refractivity contribution in [3.63, 3.8) is 0 Å². The quantitative estimate of drug-likeness (QED) is 0.229. The average Bonchev–Trinajstić information content (AvgIpc) is 2.86. The summed E-state index contributed by atoms with van der Waals surface area (Å²) in [6, 6.07) is 19.7. The lowest BCUT2D eigenvalue weighted by Crippen LogP contribution is -2.29. The van der Waals surface area contributed by atoms with Crippen molar-refractivity contribution < 1.29 is 10.2 Å². The van der Waals surface area contributed by atoms with Gasteiger partial charge in [-0.05, 0) is 11.6 Å². The van der Waals surface area contributed by atoms with Crippen LogP contribution < -0.4 is 21.6 Å². The lowest BCUT2D eigenvalue weighted by Gasteiger charge is -2.14. The van der Waals surface area contributed by atoms with Crippen molar-refractivity contribution in [2.45, 2.75) is 0 Å². The smallest absolute Gasteiger partial charge is 0.196 e. The highest BCUT2D eigenvalue weighted by Gasteiger charge is 2.19. The summed E-state index contributed by atoms with van der Waals surface area (Å²) in [6.07, 6.45) is 0. The molecule has 0 spiro atoms. The zero-order valence-corrected chi connectivity index (χ0v) is 17.6. The topological polar surface area (TPSA) is 122 Å². The van der Waals surface area contributed by atoms with E-state index in [1.54, 1.807) is 66.7 Å². The largest absolute Gasteiger partial charge is 0.507 e. The second-order valence-corrected chi connectivity index (χ2v) is 8.27. The number of phenols is 2. The van der Waals surface area contributed by atoms with Gasteiger partial charge in [-0.25, -0.2) is 0 Å². The van der Waals surface area contributed by atoms with Gasteiger partial charge in [-0.15, -0.1) is 0 Å². The van der Waals surface area contributed by atoms with Crippen molar-refractivity contribution in [3.8, 4) is 22.6 Å². The predicted octanol–water partition coefficient (Wildman–Crippen LogP) is 3.50. The molecular weight excluding hydrogens is 428 g/mol. The fourth-order valence-electron chi connectivity index (χ4n) is 4.91. The summed E-state index contributed by atoms with van der Waals surface area (Å²) >= 11 is 0. The highest BCUT2D eigenvalue weighted by Crippen LogP contribution is 2.44. The molecule has 6 rings (SSSR count). The van der Waals surface area contributed by atoms with E-state index in [1.807, 2.05) is 0 Å². The molecule has 0 aliphatic heterocycles. The second kappa shape index (κ2) is 6.83. The van der Waals surface area contributed by atoms with Crippen LogP contribution in [-0.4, -0.2) is 10.2 Å². The predicted molar refractivity (Wildman–Crippen MR) is 130 cm³/mol. The van der Waals surface area contributed by atoms with E-state index in [-0.39, 0.29) is 49.0 Å². The zero-order valence-electron chi connectivity index (χ0n) is 17.6. The van der Waals surface area contributed by atoms with Crippen LogP contribution in [0.4, 0.5) is 0 Å². The van der Waals surface area contributed by atoms with Crippen LogP contribution in [0.2, 0.25) is 0 Å². The molecular formula is C28H16N2O4. The summed E-state index contributed by atoms with van der Waals surface area (Å²) < 4.78 is 0. The minimum absolute atomic E-state index is 0.0129. The lowest BCUT2D eigenvalue weighted by molar-refractivity contribution is 0.478. The average molecular weight is 444 g/mol. The molecule has 6 heteroatoms. The van der Waals surface area contributed by atoms with E-state index in [4.69, 9.17) is 10.8 Å². The van der Waals surface area contributed by atoms with Crippen LogP contribution in [0.5, 0.6) is 11.5 Å². The van der Waals surface area contributed by atoms with E-state index in [0.29, 0.717) is 27.1 Å². The number of fused-ring (bicyclic) bond motifs is 3. The third-order valence-corrected chi connectivity index (χ3v) is 6.48. The Morgan fingerprint density at radius 3 is 1.74 bits per heavy atom. The molecule has 34 heavy (non-hydrogen) atoms. The Labute approximate surface area is 190 Å². The summed E-state index contributed by atoms with van der Waals surface area (Å²) in [4.78, 5) is 26.4. The van der Waals surface area contributed by atoms with Crippen LogP contribution in [0.1, 0.15) is 0 Å². The van der Waals surface area contributed by atoms with E-state index in [0.717, 1.165) is 0 Å². The van der Waals surface area contributed by atoms with E-state index in [1.165, 1.54) is 6.07 Å². The summed E-state index contributed by atoms with van der Waals surface area (Å²) in [7, 11) is 0. The van der Waals surface area contributed by atoms with Gasteiger partial charge in [0, 0.05) is 37.9 Å². The molecule has 0 heterocycles. The minimum Gasteiger partial charge on any atom is -0.507 e. The molecule has 4 N–H and O–H groups in total.